The van der Waals surface area contributed by atoms with Gasteiger partial charge in [0.05, 0.1) is 24.8 Å². The summed E-state index contributed by atoms with van der Waals surface area (Å²) in [7, 11) is 0. The molecule has 1 aliphatic rings. The molecule has 0 atom stereocenters. The summed E-state index contributed by atoms with van der Waals surface area (Å²) in [4.78, 5) is 0. The van der Waals surface area contributed by atoms with Crippen molar-refractivity contribution in [1.82, 2.24) is 0 Å². The van der Waals surface area contributed by atoms with E-state index in [9.17, 15) is 0 Å². The fourth-order valence-corrected chi connectivity index (χ4v) is 2.04. The fraction of sp³-hybridized carbons (Fsp3) is 0.462. The first-order valence-electron chi connectivity index (χ1n) is 5.59. The van der Waals surface area contributed by atoms with Gasteiger partial charge in [-0.2, -0.15) is 5.26 Å². The highest BCUT2D eigenvalue weighted by molar-refractivity contribution is 5.33. The molecular formula is C13H15NO2. The Bertz CT molecular complexity index is 385. The van der Waals surface area contributed by atoms with Crippen molar-refractivity contribution in [1.29, 1.82) is 5.26 Å². The lowest BCUT2D eigenvalue weighted by atomic mass is 10.00. The molecule has 1 aromatic carbocycles. The van der Waals surface area contributed by atoms with Crippen LogP contribution in [0.2, 0.25) is 0 Å². The van der Waals surface area contributed by atoms with Crippen LogP contribution in [0, 0.1) is 11.3 Å². The summed E-state index contributed by atoms with van der Waals surface area (Å²) in [6.45, 7) is 3.39. The third-order valence-electron chi connectivity index (χ3n) is 2.79. The smallest absolute Gasteiger partial charge is 0.194 e. The van der Waals surface area contributed by atoms with Gasteiger partial charge in [0.1, 0.15) is 0 Å². The molecule has 1 aliphatic heterocycles. The van der Waals surface area contributed by atoms with E-state index in [1.165, 1.54) is 0 Å². The Morgan fingerprint density at radius 3 is 2.38 bits per heavy atom. The van der Waals surface area contributed by atoms with Crippen molar-refractivity contribution in [2.45, 2.75) is 25.6 Å². The predicted octanol–water partition coefficient (Wildman–Crippen LogP) is 2.56. The maximum Gasteiger partial charge on any atom is 0.194 e. The maximum absolute atomic E-state index is 8.75. The van der Waals surface area contributed by atoms with E-state index in [1.807, 2.05) is 12.1 Å². The topological polar surface area (TPSA) is 42.2 Å². The minimum absolute atomic E-state index is 0.581. The molecular weight excluding hydrogens is 202 g/mol. The quantitative estimate of drug-likeness (QED) is 0.781. The van der Waals surface area contributed by atoms with E-state index in [0.29, 0.717) is 18.8 Å². The minimum Gasteiger partial charge on any atom is -0.343 e. The zero-order valence-corrected chi connectivity index (χ0v) is 9.40. The molecule has 0 saturated carbocycles. The van der Waals surface area contributed by atoms with Gasteiger partial charge in [0.25, 0.3) is 0 Å². The Morgan fingerprint density at radius 2 is 1.88 bits per heavy atom. The number of benzene rings is 1. The summed E-state index contributed by atoms with van der Waals surface area (Å²) in [5.41, 5.74) is 1.67. The number of hydrogen-bond donors (Lipinski definition) is 0. The second kappa shape index (κ2) is 4.65. The average Bonchev–Trinajstić information content (AvgIpc) is 2.80. The summed E-state index contributed by atoms with van der Waals surface area (Å²) in [6.07, 6.45) is 1.85. The van der Waals surface area contributed by atoms with Gasteiger partial charge >= 0.3 is 0 Å². The molecule has 0 bridgehead atoms. The number of nitriles is 1. The van der Waals surface area contributed by atoms with Crippen LogP contribution < -0.4 is 0 Å². The highest BCUT2D eigenvalue weighted by atomic mass is 16.7. The Kier molecular flexibility index (Phi) is 3.23. The second-order valence-corrected chi connectivity index (χ2v) is 3.89. The van der Waals surface area contributed by atoms with Gasteiger partial charge in [0, 0.05) is 12.0 Å². The van der Waals surface area contributed by atoms with Gasteiger partial charge < -0.3 is 9.47 Å². The molecule has 0 amide bonds. The van der Waals surface area contributed by atoms with Crippen LogP contribution in [0.15, 0.2) is 24.3 Å². The SMILES string of the molecule is CCCC1(c2ccc(C#N)cc2)OCCO1. The zero-order chi connectivity index (χ0) is 11.4. The van der Waals surface area contributed by atoms with Crippen LogP contribution in [-0.2, 0) is 15.3 Å². The molecule has 0 radical (unpaired) electrons. The van der Waals surface area contributed by atoms with Crippen molar-refractivity contribution in [3.8, 4) is 6.07 Å². The molecule has 0 unspecified atom stereocenters. The molecule has 0 N–H and O–H groups in total. The molecule has 1 saturated heterocycles. The van der Waals surface area contributed by atoms with E-state index in [0.717, 1.165) is 18.4 Å². The second-order valence-electron chi connectivity index (χ2n) is 3.89. The van der Waals surface area contributed by atoms with Crippen LogP contribution >= 0.6 is 0 Å². The molecule has 0 aliphatic carbocycles. The van der Waals surface area contributed by atoms with Crippen LogP contribution in [0.1, 0.15) is 30.9 Å². The lowest BCUT2D eigenvalue weighted by Crippen LogP contribution is -2.26. The highest BCUT2D eigenvalue weighted by Crippen LogP contribution is 2.35. The summed E-state index contributed by atoms with van der Waals surface area (Å²) < 4.78 is 11.5. The summed E-state index contributed by atoms with van der Waals surface area (Å²) >= 11 is 0. The van der Waals surface area contributed by atoms with E-state index < -0.39 is 5.79 Å². The number of nitrogens with zero attached hydrogens (tertiary/aromatic N) is 1. The van der Waals surface area contributed by atoms with Crippen LogP contribution in [0.25, 0.3) is 0 Å². The number of rotatable bonds is 3. The van der Waals surface area contributed by atoms with E-state index in [1.54, 1.807) is 12.1 Å². The van der Waals surface area contributed by atoms with Crippen molar-refractivity contribution in [3.05, 3.63) is 35.4 Å². The van der Waals surface area contributed by atoms with E-state index >= 15 is 0 Å². The van der Waals surface area contributed by atoms with Crippen molar-refractivity contribution in [3.63, 3.8) is 0 Å². The predicted molar refractivity (Wildman–Crippen MR) is 59.6 cm³/mol. The van der Waals surface area contributed by atoms with Crippen LogP contribution in [-0.4, -0.2) is 13.2 Å². The van der Waals surface area contributed by atoms with E-state index in [4.69, 9.17) is 14.7 Å². The molecule has 84 valence electrons. The van der Waals surface area contributed by atoms with E-state index in [-0.39, 0.29) is 0 Å². The first-order valence-corrected chi connectivity index (χ1v) is 5.59. The molecule has 0 spiro atoms. The van der Waals surface area contributed by atoms with Crippen molar-refractivity contribution >= 4 is 0 Å². The molecule has 2 rings (SSSR count). The summed E-state index contributed by atoms with van der Waals surface area (Å²) in [6, 6.07) is 9.55. The van der Waals surface area contributed by atoms with Crippen LogP contribution in [0.5, 0.6) is 0 Å². The maximum atomic E-state index is 8.75. The first kappa shape index (κ1) is 11.1. The molecule has 3 heteroatoms. The minimum atomic E-state index is -0.581. The Hall–Kier alpha value is -1.37. The first-order chi connectivity index (χ1) is 7.80. The van der Waals surface area contributed by atoms with Gasteiger partial charge in [-0.25, -0.2) is 0 Å². The fourth-order valence-electron chi connectivity index (χ4n) is 2.04. The summed E-state index contributed by atoms with van der Waals surface area (Å²) in [5, 5.41) is 8.75. The molecule has 1 fully saturated rings. The largest absolute Gasteiger partial charge is 0.343 e. The summed E-state index contributed by atoms with van der Waals surface area (Å²) in [5.74, 6) is -0.581. The monoisotopic (exact) mass is 217 g/mol. The van der Waals surface area contributed by atoms with E-state index in [2.05, 4.69) is 13.0 Å². The molecule has 3 nitrogen and oxygen atoms in total. The molecule has 1 aromatic rings. The van der Waals surface area contributed by atoms with Gasteiger partial charge in [0.2, 0.25) is 0 Å². The van der Waals surface area contributed by atoms with Crippen molar-refractivity contribution in [2.24, 2.45) is 0 Å². The normalized spacial score (nSPS) is 18.2. The Morgan fingerprint density at radius 1 is 1.25 bits per heavy atom. The van der Waals surface area contributed by atoms with Crippen LogP contribution in [0.3, 0.4) is 0 Å². The average molecular weight is 217 g/mol. The van der Waals surface area contributed by atoms with Gasteiger partial charge in [-0.05, 0) is 12.1 Å². The zero-order valence-electron chi connectivity index (χ0n) is 9.40. The number of hydrogen-bond acceptors (Lipinski definition) is 3. The van der Waals surface area contributed by atoms with Gasteiger partial charge in [-0.3, -0.25) is 0 Å². The van der Waals surface area contributed by atoms with Gasteiger partial charge in [-0.1, -0.05) is 25.5 Å². The molecule has 16 heavy (non-hydrogen) atoms. The molecule has 0 aromatic heterocycles. The van der Waals surface area contributed by atoms with Gasteiger partial charge in [0.15, 0.2) is 5.79 Å². The Balaban J connectivity index is 2.29. The highest BCUT2D eigenvalue weighted by Gasteiger charge is 2.37. The van der Waals surface area contributed by atoms with Gasteiger partial charge in [-0.15, -0.1) is 0 Å². The number of ether oxygens (including phenoxy) is 2. The third-order valence-corrected chi connectivity index (χ3v) is 2.79. The lowest BCUT2D eigenvalue weighted by molar-refractivity contribution is -0.170. The van der Waals surface area contributed by atoms with Crippen molar-refractivity contribution < 1.29 is 9.47 Å². The van der Waals surface area contributed by atoms with Crippen molar-refractivity contribution in [2.75, 3.05) is 13.2 Å². The standard InChI is InChI=1S/C13H15NO2/c1-2-7-13(15-8-9-16-13)12-5-3-11(10-14)4-6-12/h3-6H,2,7-9H2,1H3. The Labute approximate surface area is 95.6 Å². The third kappa shape index (κ3) is 1.95. The lowest BCUT2D eigenvalue weighted by Gasteiger charge is -2.27. The van der Waals surface area contributed by atoms with Crippen LogP contribution in [0.4, 0.5) is 0 Å². The molecule has 1 heterocycles.